The monoisotopic (exact) mass is 422 g/mol. The van der Waals surface area contributed by atoms with Crippen LogP contribution in [0, 0.1) is 0 Å². The van der Waals surface area contributed by atoms with E-state index in [4.69, 9.17) is 16.3 Å². The molecule has 0 fully saturated rings. The third-order valence-corrected chi connectivity index (χ3v) is 6.23. The van der Waals surface area contributed by atoms with Crippen molar-refractivity contribution in [3.05, 3.63) is 23.2 Å². The molecular weight excluding hydrogens is 396 g/mol. The number of methoxy groups -OCH3 is 1. The minimum atomic E-state index is -3.68. The van der Waals surface area contributed by atoms with Gasteiger partial charge in [-0.1, -0.05) is 32.4 Å². The topological polar surface area (TPSA) is 75.7 Å². The second-order valence-electron chi connectivity index (χ2n) is 6.81. The fraction of sp³-hybridized carbons (Fsp3) is 0.588. The number of amides is 1. The molecule has 0 unspecified atom stereocenters. The number of halogens is 1. The molecule has 0 aliphatic heterocycles. The average Bonchev–Trinajstić information content (AvgIpc) is 2.49. The molecule has 0 aromatic heterocycles. The number of nitrogens with zero attached hydrogens (tertiary/aromatic N) is 1. The fourth-order valence-electron chi connectivity index (χ4n) is 2.28. The first-order chi connectivity index (χ1) is 11.9. The van der Waals surface area contributed by atoms with Gasteiger partial charge >= 0.3 is 0 Å². The van der Waals surface area contributed by atoms with Crippen molar-refractivity contribution in [2.24, 2.45) is 0 Å². The molecule has 0 spiro atoms. The maximum Gasteiger partial charge on any atom is 0.243 e. The van der Waals surface area contributed by atoms with Crippen LogP contribution >= 0.6 is 23.4 Å². The number of rotatable bonds is 8. The van der Waals surface area contributed by atoms with Gasteiger partial charge in [0.05, 0.1) is 24.1 Å². The first-order valence-corrected chi connectivity index (χ1v) is 11.3. The minimum Gasteiger partial charge on any atom is -0.495 e. The quantitative estimate of drug-likeness (QED) is 0.651. The Balaban J connectivity index is 2.93. The highest BCUT2D eigenvalue weighted by atomic mass is 35.5. The molecule has 1 aromatic carbocycles. The SMILES string of the molecule is COc1ccc(N([C@H](C)C(=O)NCCSC(C)(C)C)S(C)(=O)=O)cc1Cl. The average molecular weight is 423 g/mol. The van der Waals surface area contributed by atoms with Crippen molar-refractivity contribution in [2.75, 3.05) is 30.0 Å². The Hall–Kier alpha value is -1.12. The maximum absolute atomic E-state index is 12.5. The largest absolute Gasteiger partial charge is 0.495 e. The van der Waals surface area contributed by atoms with Crippen molar-refractivity contribution in [2.45, 2.75) is 38.5 Å². The molecule has 0 bridgehead atoms. The molecule has 0 radical (unpaired) electrons. The van der Waals surface area contributed by atoms with Crippen LogP contribution < -0.4 is 14.4 Å². The van der Waals surface area contributed by atoms with E-state index in [0.29, 0.717) is 18.0 Å². The van der Waals surface area contributed by atoms with Crippen LogP contribution in [0.15, 0.2) is 18.2 Å². The van der Waals surface area contributed by atoms with E-state index >= 15 is 0 Å². The molecule has 0 saturated carbocycles. The van der Waals surface area contributed by atoms with Gasteiger partial charge in [0.1, 0.15) is 11.8 Å². The molecule has 0 aliphatic carbocycles. The van der Waals surface area contributed by atoms with Gasteiger partial charge in [0.25, 0.3) is 0 Å². The Morgan fingerprint density at radius 2 is 2.00 bits per heavy atom. The van der Waals surface area contributed by atoms with Crippen LogP contribution in [0.2, 0.25) is 5.02 Å². The van der Waals surface area contributed by atoms with E-state index in [-0.39, 0.29) is 15.7 Å². The predicted molar refractivity (Wildman–Crippen MR) is 110 cm³/mol. The number of sulfonamides is 1. The van der Waals surface area contributed by atoms with Crippen LogP contribution in [-0.2, 0) is 14.8 Å². The summed E-state index contributed by atoms with van der Waals surface area (Å²) in [6, 6.07) is 3.70. The Bertz CT molecular complexity index is 733. The highest BCUT2D eigenvalue weighted by Crippen LogP contribution is 2.31. The van der Waals surface area contributed by atoms with Crippen molar-refractivity contribution < 1.29 is 17.9 Å². The van der Waals surface area contributed by atoms with E-state index in [1.807, 2.05) is 0 Å². The summed E-state index contributed by atoms with van der Waals surface area (Å²) in [5.74, 6) is 0.812. The zero-order valence-electron chi connectivity index (χ0n) is 16.0. The van der Waals surface area contributed by atoms with Crippen LogP contribution in [0.4, 0.5) is 5.69 Å². The minimum absolute atomic E-state index is 0.106. The first-order valence-electron chi connectivity index (χ1n) is 8.11. The number of hydrogen-bond donors (Lipinski definition) is 1. The molecule has 1 N–H and O–H groups in total. The summed E-state index contributed by atoms with van der Waals surface area (Å²) in [5, 5.41) is 3.06. The number of benzene rings is 1. The molecule has 148 valence electrons. The van der Waals surface area contributed by atoms with Crippen LogP contribution in [0.25, 0.3) is 0 Å². The van der Waals surface area contributed by atoms with E-state index in [1.165, 1.54) is 13.2 Å². The summed E-state index contributed by atoms with van der Waals surface area (Å²) in [5.41, 5.74) is 0.310. The number of carbonyl (C=O) groups excluding carboxylic acids is 1. The van der Waals surface area contributed by atoms with Crippen molar-refractivity contribution >= 4 is 45.0 Å². The number of thioether (sulfide) groups is 1. The van der Waals surface area contributed by atoms with Gasteiger partial charge in [-0.05, 0) is 25.1 Å². The van der Waals surface area contributed by atoms with E-state index in [9.17, 15) is 13.2 Å². The highest BCUT2D eigenvalue weighted by Gasteiger charge is 2.29. The second-order valence-corrected chi connectivity index (χ2v) is 11.0. The first kappa shape index (κ1) is 22.9. The van der Waals surface area contributed by atoms with Gasteiger partial charge in [-0.25, -0.2) is 8.42 Å². The Kier molecular flexibility index (Phi) is 8.10. The molecule has 1 aromatic rings. The number of ether oxygens (including phenoxy) is 1. The van der Waals surface area contributed by atoms with Gasteiger partial charge in [0.15, 0.2) is 0 Å². The lowest BCUT2D eigenvalue weighted by molar-refractivity contribution is -0.121. The molecule has 0 saturated heterocycles. The normalized spacial score (nSPS) is 13.2. The van der Waals surface area contributed by atoms with E-state index in [1.54, 1.807) is 30.8 Å². The smallest absolute Gasteiger partial charge is 0.243 e. The number of anilines is 1. The summed E-state index contributed by atoms with van der Waals surface area (Å²) >= 11 is 7.83. The Morgan fingerprint density at radius 3 is 2.46 bits per heavy atom. The van der Waals surface area contributed by atoms with Gasteiger partial charge in [0, 0.05) is 17.0 Å². The molecule has 6 nitrogen and oxygen atoms in total. The highest BCUT2D eigenvalue weighted by molar-refractivity contribution is 8.00. The number of carbonyl (C=O) groups is 1. The zero-order valence-corrected chi connectivity index (χ0v) is 18.4. The van der Waals surface area contributed by atoms with Crippen LogP contribution in [0.5, 0.6) is 5.75 Å². The van der Waals surface area contributed by atoms with Crippen LogP contribution in [0.3, 0.4) is 0 Å². The summed E-state index contributed by atoms with van der Waals surface area (Å²) in [6.45, 7) is 8.31. The van der Waals surface area contributed by atoms with Crippen molar-refractivity contribution in [1.82, 2.24) is 5.32 Å². The number of hydrogen-bond acceptors (Lipinski definition) is 5. The molecule has 0 heterocycles. The third kappa shape index (κ3) is 6.89. The summed E-state index contributed by atoms with van der Waals surface area (Å²) in [6.07, 6.45) is 1.06. The molecule has 1 amide bonds. The van der Waals surface area contributed by atoms with Crippen LogP contribution in [0.1, 0.15) is 27.7 Å². The summed E-state index contributed by atoms with van der Waals surface area (Å²) < 4.78 is 30.8. The lowest BCUT2D eigenvalue weighted by atomic mass is 10.2. The lowest BCUT2D eigenvalue weighted by Gasteiger charge is -2.28. The standard InChI is InChI=1S/C17H27ClN2O4S2/c1-12(16(21)19-9-10-25-17(2,3)4)20(26(6,22)23)13-7-8-15(24-5)14(18)11-13/h7-8,11-12H,9-10H2,1-6H3,(H,19,21)/t12-/m1/s1. The molecule has 1 atom stereocenters. The molecule has 1 rings (SSSR count). The molecular formula is C17H27ClN2O4S2. The molecule has 9 heteroatoms. The van der Waals surface area contributed by atoms with Gasteiger partial charge in [-0.2, -0.15) is 11.8 Å². The van der Waals surface area contributed by atoms with Gasteiger partial charge in [-0.15, -0.1) is 0 Å². The Morgan fingerprint density at radius 1 is 1.38 bits per heavy atom. The van der Waals surface area contributed by atoms with Gasteiger partial charge < -0.3 is 10.1 Å². The third-order valence-electron chi connectivity index (χ3n) is 3.41. The van der Waals surface area contributed by atoms with E-state index in [0.717, 1.165) is 16.3 Å². The predicted octanol–water partition coefficient (Wildman–Crippen LogP) is 3.15. The number of nitrogens with one attached hydrogen (secondary N) is 1. The zero-order chi connectivity index (χ0) is 20.1. The second kappa shape index (κ2) is 9.19. The molecule has 26 heavy (non-hydrogen) atoms. The van der Waals surface area contributed by atoms with Crippen LogP contribution in [-0.4, -0.2) is 50.8 Å². The maximum atomic E-state index is 12.5. The summed E-state index contributed by atoms with van der Waals surface area (Å²) in [4.78, 5) is 12.5. The fourth-order valence-corrected chi connectivity index (χ4v) is 4.52. The van der Waals surface area contributed by atoms with Crippen molar-refractivity contribution in [1.29, 1.82) is 0 Å². The van der Waals surface area contributed by atoms with Crippen molar-refractivity contribution in [3.63, 3.8) is 0 Å². The summed E-state index contributed by atoms with van der Waals surface area (Å²) in [7, 11) is -2.21. The van der Waals surface area contributed by atoms with E-state index in [2.05, 4.69) is 26.1 Å². The lowest BCUT2D eigenvalue weighted by Crippen LogP contribution is -2.48. The Labute approximate surface area is 165 Å². The van der Waals surface area contributed by atoms with Gasteiger partial charge in [-0.3, -0.25) is 9.10 Å². The van der Waals surface area contributed by atoms with Crippen molar-refractivity contribution in [3.8, 4) is 5.75 Å². The molecule has 0 aliphatic rings. The van der Waals surface area contributed by atoms with E-state index < -0.39 is 16.1 Å². The van der Waals surface area contributed by atoms with Gasteiger partial charge in [0.2, 0.25) is 15.9 Å².